The van der Waals surface area contributed by atoms with E-state index in [-0.39, 0.29) is 10.6 Å². The van der Waals surface area contributed by atoms with Gasteiger partial charge in [-0.1, -0.05) is 13.0 Å². The van der Waals surface area contributed by atoms with E-state index in [0.717, 1.165) is 12.5 Å². The molecular weight excluding hydrogens is 293 g/mol. The van der Waals surface area contributed by atoms with Crippen LogP contribution in [0.25, 0.3) is 0 Å². The molecule has 2 rings (SSSR count). The minimum Gasteiger partial charge on any atom is -0.384 e. The van der Waals surface area contributed by atoms with Crippen molar-refractivity contribution in [3.63, 3.8) is 0 Å². The first-order valence-corrected chi connectivity index (χ1v) is 7.97. The lowest BCUT2D eigenvalue weighted by Crippen LogP contribution is -2.16. The number of nitrogens with one attached hydrogen (secondary N) is 2. The van der Waals surface area contributed by atoms with Crippen molar-refractivity contribution in [2.45, 2.75) is 18.2 Å². The summed E-state index contributed by atoms with van der Waals surface area (Å²) >= 11 is 0. The van der Waals surface area contributed by atoms with Crippen molar-refractivity contribution in [2.75, 3.05) is 16.6 Å². The summed E-state index contributed by atoms with van der Waals surface area (Å²) in [6.07, 6.45) is 3.64. The Kier molecular flexibility index (Phi) is 4.74. The quantitative estimate of drug-likeness (QED) is 0.861. The first-order chi connectivity index (χ1) is 10.0. The second-order valence-corrected chi connectivity index (χ2v) is 6.07. The lowest BCUT2D eigenvalue weighted by atomic mass is 10.3. The van der Waals surface area contributed by atoms with Crippen LogP contribution in [0, 0.1) is 5.82 Å². The molecule has 0 unspecified atom stereocenters. The van der Waals surface area contributed by atoms with Crippen molar-refractivity contribution in [1.29, 1.82) is 0 Å². The molecule has 2 N–H and O–H groups in total. The Labute approximate surface area is 123 Å². The van der Waals surface area contributed by atoms with Gasteiger partial charge < -0.3 is 5.32 Å². The van der Waals surface area contributed by atoms with Gasteiger partial charge in [0, 0.05) is 18.9 Å². The monoisotopic (exact) mass is 309 g/mol. The number of benzene rings is 1. The number of sulfonamides is 1. The average Bonchev–Trinajstić information content (AvgIpc) is 2.45. The summed E-state index contributed by atoms with van der Waals surface area (Å²) in [4.78, 5) is 3.88. The summed E-state index contributed by atoms with van der Waals surface area (Å²) < 4.78 is 40.2. The summed E-state index contributed by atoms with van der Waals surface area (Å²) in [5.41, 5.74) is 0.635. The van der Waals surface area contributed by atoms with Crippen LogP contribution in [-0.4, -0.2) is 19.9 Å². The molecule has 1 aromatic carbocycles. The number of rotatable bonds is 6. The molecule has 1 aromatic heterocycles. The Bertz CT molecular complexity index is 720. The van der Waals surface area contributed by atoms with Gasteiger partial charge in [0.05, 0.1) is 11.4 Å². The van der Waals surface area contributed by atoms with E-state index in [9.17, 15) is 12.8 Å². The highest BCUT2D eigenvalue weighted by molar-refractivity contribution is 7.92. The Morgan fingerprint density at radius 3 is 2.81 bits per heavy atom. The second kappa shape index (κ2) is 6.53. The van der Waals surface area contributed by atoms with Crippen LogP contribution in [0.3, 0.4) is 0 Å². The number of pyridine rings is 1. The third-order valence-electron chi connectivity index (χ3n) is 2.72. The zero-order valence-corrected chi connectivity index (χ0v) is 12.3. The average molecular weight is 309 g/mol. The third kappa shape index (κ3) is 3.91. The highest BCUT2D eigenvalue weighted by Gasteiger charge is 2.19. The largest absolute Gasteiger partial charge is 0.384 e. The van der Waals surface area contributed by atoms with Crippen LogP contribution in [0.15, 0.2) is 47.6 Å². The van der Waals surface area contributed by atoms with Crippen molar-refractivity contribution < 1.29 is 12.8 Å². The van der Waals surface area contributed by atoms with E-state index in [2.05, 4.69) is 15.0 Å². The summed E-state index contributed by atoms with van der Waals surface area (Å²) in [6, 6.07) is 6.88. The van der Waals surface area contributed by atoms with Crippen LogP contribution in [0.5, 0.6) is 0 Å². The normalized spacial score (nSPS) is 11.1. The van der Waals surface area contributed by atoms with Crippen molar-refractivity contribution in [2.24, 2.45) is 0 Å². The van der Waals surface area contributed by atoms with E-state index < -0.39 is 15.8 Å². The van der Waals surface area contributed by atoms with Gasteiger partial charge in [0.1, 0.15) is 10.7 Å². The SMILES string of the molecule is CCCNc1ccncc1S(=O)(=O)Nc1cccc(F)c1. The Morgan fingerprint density at radius 1 is 1.29 bits per heavy atom. The molecule has 1 heterocycles. The van der Waals surface area contributed by atoms with Gasteiger partial charge in [-0.05, 0) is 30.7 Å². The Hall–Kier alpha value is -2.15. The number of nitrogens with zero attached hydrogens (tertiary/aromatic N) is 1. The molecule has 0 amide bonds. The van der Waals surface area contributed by atoms with E-state index in [1.165, 1.54) is 30.6 Å². The highest BCUT2D eigenvalue weighted by Crippen LogP contribution is 2.22. The molecule has 0 spiro atoms. The number of aromatic nitrogens is 1. The van der Waals surface area contributed by atoms with Gasteiger partial charge in [0.2, 0.25) is 0 Å². The van der Waals surface area contributed by atoms with Crippen molar-refractivity contribution >= 4 is 21.4 Å². The summed E-state index contributed by atoms with van der Waals surface area (Å²) in [6.45, 7) is 2.62. The molecule has 0 atom stereocenters. The molecule has 5 nitrogen and oxygen atoms in total. The fourth-order valence-electron chi connectivity index (χ4n) is 1.76. The fourth-order valence-corrected chi connectivity index (χ4v) is 2.94. The first-order valence-electron chi connectivity index (χ1n) is 6.49. The molecule has 0 radical (unpaired) electrons. The standard InChI is InChI=1S/C14H16FN3O2S/c1-2-7-17-13-6-8-16-10-14(13)21(19,20)18-12-5-3-4-11(15)9-12/h3-6,8-10,18H,2,7H2,1H3,(H,16,17). The topological polar surface area (TPSA) is 71.1 Å². The summed E-state index contributed by atoms with van der Waals surface area (Å²) in [7, 11) is -3.83. The molecule has 0 aliphatic carbocycles. The molecule has 0 aliphatic heterocycles. The third-order valence-corrected chi connectivity index (χ3v) is 4.13. The van der Waals surface area contributed by atoms with Gasteiger partial charge in [0.25, 0.3) is 10.0 Å². The van der Waals surface area contributed by atoms with Gasteiger partial charge in [-0.3, -0.25) is 9.71 Å². The molecule has 21 heavy (non-hydrogen) atoms. The Balaban J connectivity index is 2.31. The number of hydrogen-bond acceptors (Lipinski definition) is 4. The molecular formula is C14H16FN3O2S. The van der Waals surface area contributed by atoms with E-state index >= 15 is 0 Å². The van der Waals surface area contributed by atoms with Crippen molar-refractivity contribution in [3.8, 4) is 0 Å². The molecule has 2 aromatic rings. The van der Waals surface area contributed by atoms with Crippen LogP contribution in [0.1, 0.15) is 13.3 Å². The van der Waals surface area contributed by atoms with Gasteiger partial charge >= 0.3 is 0 Å². The van der Waals surface area contributed by atoms with Crippen LogP contribution in [0.4, 0.5) is 15.8 Å². The number of hydrogen-bond donors (Lipinski definition) is 2. The van der Waals surface area contributed by atoms with Crippen LogP contribution in [0.2, 0.25) is 0 Å². The molecule has 0 aliphatic rings. The van der Waals surface area contributed by atoms with Crippen LogP contribution >= 0.6 is 0 Å². The highest BCUT2D eigenvalue weighted by atomic mass is 32.2. The molecule has 0 fully saturated rings. The maximum Gasteiger partial charge on any atom is 0.265 e. The number of anilines is 2. The van der Waals surface area contributed by atoms with Crippen molar-refractivity contribution in [3.05, 3.63) is 48.5 Å². The predicted molar refractivity (Wildman–Crippen MR) is 80.2 cm³/mol. The van der Waals surface area contributed by atoms with E-state index in [1.807, 2.05) is 6.92 Å². The lowest BCUT2D eigenvalue weighted by molar-refractivity contribution is 0.601. The summed E-state index contributed by atoms with van der Waals surface area (Å²) in [5.74, 6) is -0.509. The molecule has 0 saturated heterocycles. The van der Waals surface area contributed by atoms with E-state index in [4.69, 9.17) is 0 Å². The summed E-state index contributed by atoms with van der Waals surface area (Å²) in [5, 5.41) is 3.03. The van der Waals surface area contributed by atoms with Gasteiger partial charge in [-0.15, -0.1) is 0 Å². The smallest absolute Gasteiger partial charge is 0.265 e. The minimum absolute atomic E-state index is 0.0303. The van der Waals surface area contributed by atoms with E-state index in [0.29, 0.717) is 12.2 Å². The van der Waals surface area contributed by atoms with Crippen LogP contribution in [-0.2, 0) is 10.0 Å². The lowest BCUT2D eigenvalue weighted by Gasteiger charge is -2.13. The Morgan fingerprint density at radius 2 is 2.10 bits per heavy atom. The molecule has 0 saturated carbocycles. The maximum atomic E-state index is 13.1. The molecule has 112 valence electrons. The first kappa shape index (κ1) is 15.2. The zero-order valence-electron chi connectivity index (χ0n) is 11.5. The molecule has 7 heteroatoms. The van der Waals surface area contributed by atoms with Gasteiger partial charge in [-0.2, -0.15) is 0 Å². The fraction of sp³-hybridized carbons (Fsp3) is 0.214. The maximum absolute atomic E-state index is 13.1. The number of halogens is 1. The predicted octanol–water partition coefficient (Wildman–Crippen LogP) is 2.84. The van der Waals surface area contributed by atoms with E-state index in [1.54, 1.807) is 6.07 Å². The van der Waals surface area contributed by atoms with Crippen molar-refractivity contribution in [1.82, 2.24) is 4.98 Å². The molecule has 0 bridgehead atoms. The van der Waals surface area contributed by atoms with Gasteiger partial charge in [0.15, 0.2) is 0 Å². The van der Waals surface area contributed by atoms with Gasteiger partial charge in [-0.25, -0.2) is 12.8 Å². The second-order valence-electron chi connectivity index (χ2n) is 4.41. The van der Waals surface area contributed by atoms with Crippen LogP contribution < -0.4 is 10.0 Å². The zero-order chi connectivity index (χ0) is 15.3. The minimum atomic E-state index is -3.83.